The molecule has 0 radical (unpaired) electrons. The first kappa shape index (κ1) is 12.5. The average molecular weight is 242 g/mol. The second-order valence-corrected chi connectivity index (χ2v) is 3.78. The molecule has 16 heavy (non-hydrogen) atoms. The lowest BCUT2D eigenvalue weighted by Gasteiger charge is -2.12. The molecule has 0 aliphatic rings. The van der Waals surface area contributed by atoms with E-state index >= 15 is 0 Å². The fourth-order valence-electron chi connectivity index (χ4n) is 1.49. The molecule has 0 spiro atoms. The van der Waals surface area contributed by atoms with Gasteiger partial charge in [0.25, 0.3) is 11.7 Å². The third-order valence-electron chi connectivity index (χ3n) is 2.32. The Bertz CT molecular complexity index is 469. The minimum absolute atomic E-state index is 0.130. The van der Waals surface area contributed by atoms with E-state index in [0.717, 1.165) is 5.56 Å². The molecule has 0 heterocycles. The Morgan fingerprint density at radius 3 is 2.38 bits per heavy atom. The Morgan fingerprint density at radius 2 is 1.94 bits per heavy atom. The molecule has 86 valence electrons. The molecule has 1 aromatic rings. The highest BCUT2D eigenvalue weighted by Gasteiger charge is 2.22. The van der Waals surface area contributed by atoms with Crippen molar-refractivity contribution in [2.24, 2.45) is 5.73 Å². The zero-order chi connectivity index (χ0) is 12.5. The molecule has 0 aromatic heterocycles. The van der Waals surface area contributed by atoms with Gasteiger partial charge in [0.05, 0.1) is 12.7 Å². The number of Topliss-reactive ketones (excluding diaryl/α,β-unsaturated/α-hetero) is 1. The zero-order valence-electron chi connectivity index (χ0n) is 9.26. The number of halogens is 1. The monoisotopic (exact) mass is 241 g/mol. The minimum Gasteiger partial charge on any atom is -0.496 e. The number of nitrogens with two attached hydrogens (primary N) is 1. The van der Waals surface area contributed by atoms with Gasteiger partial charge in [-0.3, -0.25) is 9.59 Å². The van der Waals surface area contributed by atoms with Crippen molar-refractivity contribution in [1.82, 2.24) is 0 Å². The van der Waals surface area contributed by atoms with Crippen LogP contribution in [0.4, 0.5) is 0 Å². The van der Waals surface area contributed by atoms with Gasteiger partial charge in [0, 0.05) is 5.02 Å². The van der Waals surface area contributed by atoms with Crippen LogP contribution in [0.25, 0.3) is 0 Å². The number of ether oxygens (including phenoxy) is 1. The van der Waals surface area contributed by atoms with Gasteiger partial charge < -0.3 is 10.5 Å². The molecule has 5 heteroatoms. The van der Waals surface area contributed by atoms with E-state index in [9.17, 15) is 9.59 Å². The summed E-state index contributed by atoms with van der Waals surface area (Å²) in [6.07, 6.45) is 0. The summed E-state index contributed by atoms with van der Waals surface area (Å²) < 4.78 is 5.05. The molecule has 0 unspecified atom stereocenters. The lowest BCUT2D eigenvalue weighted by Crippen LogP contribution is -2.24. The highest BCUT2D eigenvalue weighted by Crippen LogP contribution is 2.31. The fourth-order valence-corrected chi connectivity index (χ4v) is 1.64. The van der Waals surface area contributed by atoms with Crippen molar-refractivity contribution >= 4 is 23.3 Å². The smallest absolute Gasteiger partial charge is 0.289 e. The van der Waals surface area contributed by atoms with Crippen molar-refractivity contribution < 1.29 is 14.3 Å². The SMILES string of the molecule is COc1cc(C)c(Cl)c(C)c1C(=O)C(N)=O. The van der Waals surface area contributed by atoms with Crippen molar-refractivity contribution in [3.8, 4) is 5.75 Å². The van der Waals surface area contributed by atoms with E-state index in [4.69, 9.17) is 22.1 Å². The number of aryl methyl sites for hydroxylation is 1. The fraction of sp³-hybridized carbons (Fsp3) is 0.273. The van der Waals surface area contributed by atoms with Crippen LogP contribution in [0.15, 0.2) is 6.07 Å². The molecule has 0 aliphatic heterocycles. The van der Waals surface area contributed by atoms with E-state index in [2.05, 4.69) is 0 Å². The number of carbonyl (C=O) groups is 2. The van der Waals surface area contributed by atoms with E-state index in [0.29, 0.717) is 16.3 Å². The Kier molecular flexibility index (Phi) is 3.55. The predicted octanol–water partition coefficient (Wildman–Crippen LogP) is 1.63. The Morgan fingerprint density at radius 1 is 1.38 bits per heavy atom. The van der Waals surface area contributed by atoms with E-state index in [1.165, 1.54) is 7.11 Å². The number of carbonyl (C=O) groups excluding carboxylic acids is 2. The van der Waals surface area contributed by atoms with E-state index in [-0.39, 0.29) is 5.56 Å². The lowest BCUT2D eigenvalue weighted by molar-refractivity contribution is -0.114. The van der Waals surface area contributed by atoms with Gasteiger partial charge in [-0.05, 0) is 31.0 Å². The number of primary amides is 1. The van der Waals surface area contributed by atoms with Gasteiger partial charge >= 0.3 is 0 Å². The predicted molar refractivity (Wildman–Crippen MR) is 61.0 cm³/mol. The molecule has 0 aliphatic carbocycles. The van der Waals surface area contributed by atoms with Crippen molar-refractivity contribution in [1.29, 1.82) is 0 Å². The number of hydrogen-bond donors (Lipinski definition) is 1. The molecular weight excluding hydrogens is 230 g/mol. The third kappa shape index (κ3) is 2.02. The van der Waals surface area contributed by atoms with Crippen LogP contribution in [-0.2, 0) is 4.79 Å². The Balaban J connectivity index is 3.53. The summed E-state index contributed by atoms with van der Waals surface area (Å²) in [5.41, 5.74) is 6.37. The third-order valence-corrected chi connectivity index (χ3v) is 2.90. The topological polar surface area (TPSA) is 69.4 Å². The van der Waals surface area contributed by atoms with Crippen LogP contribution in [-0.4, -0.2) is 18.8 Å². The van der Waals surface area contributed by atoms with Gasteiger partial charge in [-0.1, -0.05) is 11.6 Å². The Hall–Kier alpha value is -1.55. The van der Waals surface area contributed by atoms with Gasteiger partial charge in [-0.2, -0.15) is 0 Å². The minimum atomic E-state index is -1.03. The largest absolute Gasteiger partial charge is 0.496 e. The van der Waals surface area contributed by atoms with Crippen LogP contribution in [0.5, 0.6) is 5.75 Å². The van der Waals surface area contributed by atoms with Crippen LogP contribution in [0.1, 0.15) is 21.5 Å². The standard InChI is InChI=1S/C11H12ClNO3/c1-5-4-7(16-3)8(6(2)9(5)12)10(14)11(13)15/h4H,1-3H3,(H2,13,15). The number of hydrogen-bond acceptors (Lipinski definition) is 3. The number of benzene rings is 1. The summed E-state index contributed by atoms with van der Waals surface area (Å²) in [6.45, 7) is 3.43. The molecule has 2 N–H and O–H groups in total. The molecule has 0 saturated heterocycles. The van der Waals surface area contributed by atoms with Gasteiger partial charge in [-0.25, -0.2) is 0 Å². The van der Waals surface area contributed by atoms with Crippen LogP contribution in [0.2, 0.25) is 5.02 Å². The molecule has 0 saturated carbocycles. The van der Waals surface area contributed by atoms with Gasteiger partial charge in [-0.15, -0.1) is 0 Å². The number of methoxy groups -OCH3 is 1. The van der Waals surface area contributed by atoms with E-state index < -0.39 is 11.7 Å². The lowest BCUT2D eigenvalue weighted by atomic mass is 10.00. The first-order valence-electron chi connectivity index (χ1n) is 4.58. The molecular formula is C11H12ClNO3. The number of rotatable bonds is 3. The maximum Gasteiger partial charge on any atom is 0.289 e. The van der Waals surface area contributed by atoms with Crippen molar-refractivity contribution in [3.05, 3.63) is 27.8 Å². The van der Waals surface area contributed by atoms with Gasteiger partial charge in [0.2, 0.25) is 0 Å². The maximum absolute atomic E-state index is 11.6. The van der Waals surface area contributed by atoms with Crippen molar-refractivity contribution in [2.75, 3.05) is 7.11 Å². The average Bonchev–Trinajstić information content (AvgIpc) is 2.24. The van der Waals surface area contributed by atoms with Gasteiger partial charge in [0.1, 0.15) is 5.75 Å². The second-order valence-electron chi connectivity index (χ2n) is 3.40. The first-order chi connectivity index (χ1) is 7.40. The van der Waals surface area contributed by atoms with Crippen LogP contribution in [0.3, 0.4) is 0 Å². The number of amides is 1. The van der Waals surface area contributed by atoms with Crippen LogP contribution >= 0.6 is 11.6 Å². The normalized spacial score (nSPS) is 10.0. The summed E-state index contributed by atoms with van der Waals surface area (Å²) in [4.78, 5) is 22.5. The maximum atomic E-state index is 11.6. The van der Waals surface area contributed by atoms with Crippen LogP contribution in [0, 0.1) is 13.8 Å². The molecule has 1 rings (SSSR count). The van der Waals surface area contributed by atoms with Crippen LogP contribution < -0.4 is 10.5 Å². The highest BCUT2D eigenvalue weighted by molar-refractivity contribution is 6.44. The first-order valence-corrected chi connectivity index (χ1v) is 4.95. The van der Waals surface area contributed by atoms with E-state index in [1.807, 2.05) is 0 Å². The van der Waals surface area contributed by atoms with Crippen molar-refractivity contribution in [2.45, 2.75) is 13.8 Å². The molecule has 0 fully saturated rings. The zero-order valence-corrected chi connectivity index (χ0v) is 10.0. The quantitative estimate of drug-likeness (QED) is 0.646. The molecule has 0 bridgehead atoms. The molecule has 0 atom stereocenters. The Labute approximate surface area is 98.3 Å². The molecule has 4 nitrogen and oxygen atoms in total. The number of ketones is 1. The summed E-state index contributed by atoms with van der Waals surface area (Å²) in [6, 6.07) is 1.60. The van der Waals surface area contributed by atoms with Gasteiger partial charge in [0.15, 0.2) is 0 Å². The summed E-state index contributed by atoms with van der Waals surface area (Å²) >= 11 is 6.00. The molecule has 1 aromatic carbocycles. The van der Waals surface area contributed by atoms with Crippen molar-refractivity contribution in [3.63, 3.8) is 0 Å². The summed E-state index contributed by atoms with van der Waals surface area (Å²) in [5.74, 6) is -1.51. The molecule has 1 amide bonds. The summed E-state index contributed by atoms with van der Waals surface area (Å²) in [7, 11) is 1.42. The van der Waals surface area contributed by atoms with E-state index in [1.54, 1.807) is 19.9 Å². The second kappa shape index (κ2) is 4.53. The highest BCUT2D eigenvalue weighted by atomic mass is 35.5. The summed E-state index contributed by atoms with van der Waals surface area (Å²) in [5, 5.41) is 0.436.